The fourth-order valence-corrected chi connectivity index (χ4v) is 2.02. The molecule has 0 aliphatic carbocycles. The topological polar surface area (TPSA) is 44.2 Å². The Morgan fingerprint density at radius 1 is 1.25 bits per heavy atom. The van der Waals surface area contributed by atoms with Crippen molar-refractivity contribution in [3.63, 3.8) is 0 Å². The first-order valence-electron chi connectivity index (χ1n) is 5.75. The van der Waals surface area contributed by atoms with Gasteiger partial charge >= 0.3 is 0 Å². The average molecular weight is 216 g/mol. The molecule has 0 bridgehead atoms. The number of carbonyl (C=O) groups is 1. The molecule has 1 aromatic rings. The molecule has 0 saturated heterocycles. The number of hydrogen-bond acceptors (Lipinski definition) is 2. The van der Waals surface area contributed by atoms with E-state index in [4.69, 9.17) is 5.41 Å². The summed E-state index contributed by atoms with van der Waals surface area (Å²) in [7, 11) is 0. The first-order valence-corrected chi connectivity index (χ1v) is 5.75. The molecule has 1 aliphatic heterocycles. The Labute approximate surface area is 95.6 Å². The Morgan fingerprint density at radius 3 is 2.75 bits per heavy atom. The van der Waals surface area contributed by atoms with Gasteiger partial charge in [-0.25, -0.2) is 0 Å². The van der Waals surface area contributed by atoms with Gasteiger partial charge in [0.1, 0.15) is 5.71 Å². The van der Waals surface area contributed by atoms with Gasteiger partial charge in [0.15, 0.2) is 0 Å². The SMILES string of the molecule is CCCCCN1C(=O)C(=N)c2ccccc21. The Bertz CT molecular complexity index is 426. The van der Waals surface area contributed by atoms with Crippen LogP contribution in [0.4, 0.5) is 5.69 Å². The highest BCUT2D eigenvalue weighted by Gasteiger charge is 2.31. The van der Waals surface area contributed by atoms with Crippen molar-refractivity contribution in [1.82, 2.24) is 0 Å². The highest BCUT2D eigenvalue weighted by atomic mass is 16.2. The Morgan fingerprint density at radius 2 is 2.00 bits per heavy atom. The van der Waals surface area contributed by atoms with E-state index in [2.05, 4.69) is 6.92 Å². The molecule has 0 fully saturated rings. The first kappa shape index (κ1) is 10.9. The molecule has 16 heavy (non-hydrogen) atoms. The smallest absolute Gasteiger partial charge is 0.276 e. The van der Waals surface area contributed by atoms with Gasteiger partial charge in [0.05, 0.1) is 5.69 Å². The number of amides is 1. The number of hydrogen-bond donors (Lipinski definition) is 1. The number of nitrogens with one attached hydrogen (secondary N) is 1. The second-order valence-electron chi connectivity index (χ2n) is 4.06. The van der Waals surface area contributed by atoms with Crippen molar-refractivity contribution in [2.24, 2.45) is 0 Å². The van der Waals surface area contributed by atoms with E-state index < -0.39 is 0 Å². The number of para-hydroxylation sites is 1. The quantitative estimate of drug-likeness (QED) is 0.772. The maximum Gasteiger partial charge on any atom is 0.276 e. The summed E-state index contributed by atoms with van der Waals surface area (Å²) in [5, 5.41) is 7.76. The molecule has 0 unspecified atom stereocenters. The van der Waals surface area contributed by atoms with Crippen LogP contribution < -0.4 is 4.90 Å². The van der Waals surface area contributed by atoms with Gasteiger partial charge in [0, 0.05) is 12.1 Å². The number of carbonyl (C=O) groups excluding carboxylic acids is 1. The molecular formula is C13H16N2O. The van der Waals surface area contributed by atoms with Gasteiger partial charge in [0.25, 0.3) is 5.91 Å². The molecule has 1 heterocycles. The highest BCUT2D eigenvalue weighted by molar-refractivity contribution is 6.53. The summed E-state index contributed by atoms with van der Waals surface area (Å²) in [6.07, 6.45) is 3.27. The van der Waals surface area contributed by atoms with Crippen molar-refractivity contribution in [3.05, 3.63) is 29.8 Å². The van der Waals surface area contributed by atoms with Gasteiger partial charge in [-0.2, -0.15) is 0 Å². The third kappa shape index (κ3) is 1.73. The van der Waals surface area contributed by atoms with Crippen LogP contribution in [0.1, 0.15) is 31.7 Å². The Hall–Kier alpha value is -1.64. The van der Waals surface area contributed by atoms with Gasteiger partial charge in [-0.3, -0.25) is 10.2 Å². The summed E-state index contributed by atoms with van der Waals surface area (Å²) in [5.74, 6) is -0.155. The molecule has 2 rings (SSSR count). The van der Waals surface area contributed by atoms with Crippen molar-refractivity contribution >= 4 is 17.3 Å². The first-order chi connectivity index (χ1) is 7.75. The van der Waals surface area contributed by atoms with Crippen LogP contribution in [-0.4, -0.2) is 18.2 Å². The second-order valence-corrected chi connectivity index (χ2v) is 4.06. The van der Waals surface area contributed by atoms with Crippen LogP contribution in [0.25, 0.3) is 0 Å². The molecule has 1 aromatic carbocycles. The van der Waals surface area contributed by atoms with Crippen LogP contribution in [0.3, 0.4) is 0 Å². The van der Waals surface area contributed by atoms with E-state index in [1.807, 2.05) is 24.3 Å². The third-order valence-electron chi connectivity index (χ3n) is 2.91. The van der Waals surface area contributed by atoms with Crippen LogP contribution in [0, 0.1) is 5.41 Å². The summed E-state index contributed by atoms with van der Waals surface area (Å²) in [5.41, 5.74) is 1.80. The van der Waals surface area contributed by atoms with E-state index in [0.717, 1.165) is 37.1 Å². The number of nitrogens with zero attached hydrogens (tertiary/aromatic N) is 1. The van der Waals surface area contributed by atoms with Crippen LogP contribution in [0.2, 0.25) is 0 Å². The largest absolute Gasteiger partial charge is 0.306 e. The normalized spacial score (nSPS) is 14.4. The van der Waals surface area contributed by atoms with Gasteiger partial charge < -0.3 is 4.90 Å². The molecule has 0 saturated carbocycles. The van der Waals surface area contributed by atoms with Gasteiger partial charge in [0.2, 0.25) is 0 Å². The van der Waals surface area contributed by atoms with Crippen LogP contribution in [0.15, 0.2) is 24.3 Å². The fourth-order valence-electron chi connectivity index (χ4n) is 2.02. The Kier molecular flexibility index (Phi) is 3.04. The third-order valence-corrected chi connectivity index (χ3v) is 2.91. The van der Waals surface area contributed by atoms with E-state index in [-0.39, 0.29) is 11.6 Å². The number of unbranched alkanes of at least 4 members (excludes halogenated alkanes) is 2. The van der Waals surface area contributed by atoms with Gasteiger partial charge in [-0.15, -0.1) is 0 Å². The number of anilines is 1. The monoisotopic (exact) mass is 216 g/mol. The Balaban J connectivity index is 2.20. The summed E-state index contributed by atoms with van der Waals surface area (Å²) >= 11 is 0. The standard InChI is InChI=1S/C13H16N2O/c1-2-3-6-9-15-11-8-5-4-7-10(11)12(14)13(15)16/h4-5,7-8,14H,2-3,6,9H2,1H3. The molecular weight excluding hydrogens is 200 g/mol. The second kappa shape index (κ2) is 4.47. The molecule has 3 nitrogen and oxygen atoms in total. The lowest BCUT2D eigenvalue weighted by Crippen LogP contribution is -2.30. The molecule has 1 amide bonds. The van der Waals surface area contributed by atoms with Gasteiger partial charge in [-0.1, -0.05) is 38.0 Å². The lowest BCUT2D eigenvalue weighted by molar-refractivity contribution is -0.112. The van der Waals surface area contributed by atoms with Crippen molar-refractivity contribution in [1.29, 1.82) is 5.41 Å². The average Bonchev–Trinajstić information content (AvgIpc) is 2.55. The zero-order valence-corrected chi connectivity index (χ0v) is 9.49. The maximum atomic E-state index is 11.9. The molecule has 1 aliphatic rings. The fraction of sp³-hybridized carbons (Fsp3) is 0.385. The van der Waals surface area contributed by atoms with Crippen molar-refractivity contribution in [3.8, 4) is 0 Å². The van der Waals surface area contributed by atoms with Gasteiger partial charge in [-0.05, 0) is 12.5 Å². The number of benzene rings is 1. The van der Waals surface area contributed by atoms with E-state index in [9.17, 15) is 4.79 Å². The molecule has 84 valence electrons. The zero-order valence-electron chi connectivity index (χ0n) is 9.49. The zero-order chi connectivity index (χ0) is 11.5. The van der Waals surface area contributed by atoms with Crippen molar-refractivity contribution in [2.75, 3.05) is 11.4 Å². The summed E-state index contributed by atoms with van der Waals surface area (Å²) in [6, 6.07) is 7.55. The van der Waals surface area contributed by atoms with Crippen LogP contribution in [-0.2, 0) is 4.79 Å². The predicted octanol–water partition coefficient (Wildman–Crippen LogP) is 2.59. The molecule has 0 atom stereocenters. The predicted molar refractivity (Wildman–Crippen MR) is 65.1 cm³/mol. The lowest BCUT2D eigenvalue weighted by atomic mass is 10.1. The minimum absolute atomic E-state index is 0.132. The number of rotatable bonds is 4. The molecule has 0 radical (unpaired) electrons. The van der Waals surface area contributed by atoms with Crippen molar-refractivity contribution in [2.45, 2.75) is 26.2 Å². The number of fused-ring (bicyclic) bond motifs is 1. The molecule has 0 aromatic heterocycles. The summed E-state index contributed by atoms with van der Waals surface area (Å²) in [4.78, 5) is 13.6. The summed E-state index contributed by atoms with van der Waals surface area (Å²) < 4.78 is 0. The maximum absolute atomic E-state index is 11.9. The summed E-state index contributed by atoms with van der Waals surface area (Å²) in [6.45, 7) is 2.87. The molecule has 1 N–H and O–H groups in total. The van der Waals surface area contributed by atoms with E-state index in [0.29, 0.717) is 0 Å². The molecule has 0 spiro atoms. The van der Waals surface area contributed by atoms with Crippen molar-refractivity contribution < 1.29 is 4.79 Å². The van der Waals surface area contributed by atoms with E-state index >= 15 is 0 Å². The van der Waals surface area contributed by atoms with Crippen LogP contribution in [0.5, 0.6) is 0 Å². The highest BCUT2D eigenvalue weighted by Crippen LogP contribution is 2.28. The molecule has 3 heteroatoms. The van der Waals surface area contributed by atoms with Crippen LogP contribution >= 0.6 is 0 Å². The van der Waals surface area contributed by atoms with E-state index in [1.54, 1.807) is 4.90 Å². The lowest BCUT2D eigenvalue weighted by Gasteiger charge is -2.16. The minimum Gasteiger partial charge on any atom is -0.306 e. The minimum atomic E-state index is -0.155. The van der Waals surface area contributed by atoms with E-state index in [1.165, 1.54) is 0 Å².